The van der Waals surface area contributed by atoms with Crippen molar-refractivity contribution >= 4 is 12.0 Å². The van der Waals surface area contributed by atoms with Crippen LogP contribution in [0.3, 0.4) is 0 Å². The second kappa shape index (κ2) is 7.08. The molecule has 1 aromatic heterocycles. The molecule has 1 saturated heterocycles. The van der Waals surface area contributed by atoms with Crippen molar-refractivity contribution in [2.75, 3.05) is 13.1 Å². The first-order valence-corrected chi connectivity index (χ1v) is 11.0. The minimum absolute atomic E-state index is 0.225. The van der Waals surface area contributed by atoms with Crippen LogP contribution in [0.15, 0.2) is 53.3 Å². The molecule has 6 heteroatoms. The van der Waals surface area contributed by atoms with E-state index >= 15 is 0 Å². The molecule has 156 valence electrons. The molecule has 1 N–H and O–H groups in total. The standard InChI is InChI=1S/C25H24N4O2/c30-24(19-5-6-19)28-14-16(15-28)12-23-26-27-25(31)29(23)22-10-8-18(9-11-22)21-7-4-17-2-1-3-20(17)13-21/h1-2,4,7-11,13,16,19H,3,5-6,12,14-15H2,(H,27,31). The molecule has 31 heavy (non-hydrogen) atoms. The molecule has 6 nitrogen and oxygen atoms in total. The van der Waals surface area contributed by atoms with Crippen LogP contribution in [0.1, 0.15) is 29.8 Å². The van der Waals surface area contributed by atoms with E-state index in [1.807, 2.05) is 17.0 Å². The van der Waals surface area contributed by atoms with E-state index in [0.29, 0.717) is 18.2 Å². The monoisotopic (exact) mass is 412 g/mol. The summed E-state index contributed by atoms with van der Waals surface area (Å²) in [5, 5.41) is 6.86. The molecule has 2 heterocycles. The summed E-state index contributed by atoms with van der Waals surface area (Å²) in [4.78, 5) is 26.5. The van der Waals surface area contributed by atoms with Crippen molar-refractivity contribution in [3.8, 4) is 16.8 Å². The van der Waals surface area contributed by atoms with E-state index in [2.05, 4.69) is 52.7 Å². The summed E-state index contributed by atoms with van der Waals surface area (Å²) in [6.07, 6.45) is 8.10. The van der Waals surface area contributed by atoms with Crippen molar-refractivity contribution < 1.29 is 4.79 Å². The fourth-order valence-corrected chi connectivity index (χ4v) is 4.70. The summed E-state index contributed by atoms with van der Waals surface area (Å²) in [6.45, 7) is 1.53. The topological polar surface area (TPSA) is 71.0 Å². The van der Waals surface area contributed by atoms with Crippen LogP contribution >= 0.6 is 0 Å². The van der Waals surface area contributed by atoms with Gasteiger partial charge < -0.3 is 4.90 Å². The molecule has 0 radical (unpaired) electrons. The van der Waals surface area contributed by atoms with E-state index < -0.39 is 0 Å². The van der Waals surface area contributed by atoms with Gasteiger partial charge in [-0.05, 0) is 53.6 Å². The molecule has 3 aliphatic rings. The van der Waals surface area contributed by atoms with Gasteiger partial charge in [-0.1, -0.05) is 42.5 Å². The average Bonchev–Trinajstić information content (AvgIpc) is 3.40. The minimum Gasteiger partial charge on any atom is -0.342 e. The predicted octanol–water partition coefficient (Wildman–Crippen LogP) is 3.21. The van der Waals surface area contributed by atoms with Crippen LogP contribution in [0.4, 0.5) is 0 Å². The molecule has 0 bridgehead atoms. The summed E-state index contributed by atoms with van der Waals surface area (Å²) >= 11 is 0. The number of amides is 1. The third-order valence-corrected chi connectivity index (χ3v) is 6.65. The normalized spacial score (nSPS) is 17.6. The third-order valence-electron chi connectivity index (χ3n) is 6.65. The number of H-pyrrole nitrogens is 1. The zero-order chi connectivity index (χ0) is 20.9. The Morgan fingerprint density at radius 3 is 2.61 bits per heavy atom. The third kappa shape index (κ3) is 3.32. The molecule has 1 amide bonds. The molecule has 0 spiro atoms. The van der Waals surface area contributed by atoms with E-state index in [0.717, 1.165) is 49.4 Å². The van der Waals surface area contributed by atoms with Crippen molar-refractivity contribution in [2.45, 2.75) is 25.7 Å². The van der Waals surface area contributed by atoms with E-state index in [1.165, 1.54) is 16.7 Å². The van der Waals surface area contributed by atoms with E-state index in [4.69, 9.17) is 0 Å². The summed E-state index contributed by atoms with van der Waals surface area (Å²) in [5.74, 6) is 1.65. The smallest absolute Gasteiger partial charge is 0.342 e. The number of nitrogens with one attached hydrogen (secondary N) is 1. The Bertz CT molecular complexity index is 1240. The Labute approximate surface area is 180 Å². The Morgan fingerprint density at radius 1 is 1.06 bits per heavy atom. The van der Waals surface area contributed by atoms with Gasteiger partial charge in [-0.2, -0.15) is 5.10 Å². The maximum Gasteiger partial charge on any atom is 0.347 e. The minimum atomic E-state index is -0.225. The number of hydrogen-bond donors (Lipinski definition) is 1. The lowest BCUT2D eigenvalue weighted by atomic mass is 9.95. The van der Waals surface area contributed by atoms with Crippen LogP contribution in [0.2, 0.25) is 0 Å². The number of aromatic amines is 1. The van der Waals surface area contributed by atoms with E-state index in [1.54, 1.807) is 4.57 Å². The van der Waals surface area contributed by atoms with Gasteiger partial charge in [0.1, 0.15) is 5.82 Å². The highest BCUT2D eigenvalue weighted by molar-refractivity contribution is 5.81. The van der Waals surface area contributed by atoms with Crippen molar-refractivity contribution in [1.82, 2.24) is 19.7 Å². The number of fused-ring (bicyclic) bond motifs is 1. The first-order chi connectivity index (χ1) is 15.2. The lowest BCUT2D eigenvalue weighted by Crippen LogP contribution is -2.51. The van der Waals surface area contributed by atoms with Gasteiger partial charge >= 0.3 is 5.69 Å². The molecule has 2 aromatic carbocycles. The first kappa shape index (κ1) is 18.4. The van der Waals surface area contributed by atoms with Crippen molar-refractivity contribution in [1.29, 1.82) is 0 Å². The first-order valence-electron chi connectivity index (χ1n) is 11.0. The number of carbonyl (C=O) groups is 1. The molecule has 2 aliphatic carbocycles. The Morgan fingerprint density at radius 2 is 1.84 bits per heavy atom. The van der Waals surface area contributed by atoms with Gasteiger partial charge in [0.05, 0.1) is 5.69 Å². The van der Waals surface area contributed by atoms with Crippen LogP contribution in [-0.2, 0) is 17.6 Å². The van der Waals surface area contributed by atoms with Gasteiger partial charge in [0, 0.05) is 31.3 Å². The van der Waals surface area contributed by atoms with Crippen LogP contribution in [0.5, 0.6) is 0 Å². The van der Waals surface area contributed by atoms with Gasteiger partial charge in [0.15, 0.2) is 0 Å². The number of nitrogens with zero attached hydrogens (tertiary/aromatic N) is 3. The molecule has 0 unspecified atom stereocenters. The second-order valence-electron chi connectivity index (χ2n) is 8.94. The highest BCUT2D eigenvalue weighted by Crippen LogP contribution is 2.34. The van der Waals surface area contributed by atoms with Gasteiger partial charge in [-0.25, -0.2) is 14.5 Å². The maximum atomic E-state index is 12.5. The van der Waals surface area contributed by atoms with Gasteiger partial charge in [0.2, 0.25) is 5.91 Å². The lowest BCUT2D eigenvalue weighted by Gasteiger charge is -2.39. The number of hydrogen-bond acceptors (Lipinski definition) is 3. The van der Waals surface area contributed by atoms with Crippen molar-refractivity contribution in [2.24, 2.45) is 11.8 Å². The molecule has 1 aliphatic heterocycles. The lowest BCUT2D eigenvalue weighted by molar-refractivity contribution is -0.138. The highest BCUT2D eigenvalue weighted by atomic mass is 16.2. The number of rotatable bonds is 5. The number of likely N-dealkylation sites (tertiary alicyclic amines) is 1. The summed E-state index contributed by atoms with van der Waals surface area (Å²) in [6, 6.07) is 14.6. The number of aromatic nitrogens is 3. The number of benzene rings is 2. The van der Waals surface area contributed by atoms with E-state index in [-0.39, 0.29) is 11.6 Å². The fraction of sp³-hybridized carbons (Fsp3) is 0.320. The quantitative estimate of drug-likeness (QED) is 0.700. The largest absolute Gasteiger partial charge is 0.347 e. The Hall–Kier alpha value is -3.41. The number of allylic oxidation sites excluding steroid dienone is 1. The second-order valence-corrected chi connectivity index (χ2v) is 8.94. The highest BCUT2D eigenvalue weighted by Gasteiger charge is 2.39. The SMILES string of the molecule is O=C(C1CC1)N1CC(Cc2n[nH]c(=O)n2-c2ccc(-c3ccc4c(c3)CC=C4)cc2)C1. The van der Waals surface area contributed by atoms with Crippen molar-refractivity contribution in [3.63, 3.8) is 0 Å². The Kier molecular flexibility index (Phi) is 4.19. The maximum absolute atomic E-state index is 12.5. The van der Waals surface area contributed by atoms with Crippen LogP contribution in [0.25, 0.3) is 22.9 Å². The van der Waals surface area contributed by atoms with E-state index in [9.17, 15) is 9.59 Å². The zero-order valence-electron chi connectivity index (χ0n) is 17.3. The van der Waals surface area contributed by atoms with Gasteiger partial charge in [0.25, 0.3) is 0 Å². The van der Waals surface area contributed by atoms with Crippen LogP contribution in [0, 0.1) is 11.8 Å². The van der Waals surface area contributed by atoms with Gasteiger partial charge in [-0.15, -0.1) is 0 Å². The number of carbonyl (C=O) groups excluding carboxylic acids is 1. The van der Waals surface area contributed by atoms with Crippen LogP contribution < -0.4 is 5.69 Å². The van der Waals surface area contributed by atoms with Crippen molar-refractivity contribution in [3.05, 3.63) is 76.0 Å². The molecular weight excluding hydrogens is 388 g/mol. The molecule has 3 aromatic rings. The zero-order valence-corrected chi connectivity index (χ0v) is 17.3. The van der Waals surface area contributed by atoms with Gasteiger partial charge in [-0.3, -0.25) is 4.79 Å². The average molecular weight is 412 g/mol. The fourth-order valence-electron chi connectivity index (χ4n) is 4.70. The summed E-state index contributed by atoms with van der Waals surface area (Å²) < 4.78 is 1.65. The Balaban J connectivity index is 1.19. The summed E-state index contributed by atoms with van der Waals surface area (Å²) in [5.41, 5.74) is 5.54. The molecular formula is C25H24N4O2. The summed E-state index contributed by atoms with van der Waals surface area (Å²) in [7, 11) is 0. The predicted molar refractivity (Wildman–Crippen MR) is 119 cm³/mol. The molecule has 1 saturated carbocycles. The molecule has 2 fully saturated rings. The van der Waals surface area contributed by atoms with Crippen LogP contribution in [-0.4, -0.2) is 38.7 Å². The molecule has 6 rings (SSSR count). The molecule has 0 atom stereocenters.